The number of thioether (sulfide) groups is 1. The van der Waals surface area contributed by atoms with E-state index in [1.165, 1.54) is 24.0 Å². The Balaban J connectivity index is 2.83. The first-order chi connectivity index (χ1) is 6.17. The van der Waals surface area contributed by atoms with Gasteiger partial charge < -0.3 is 0 Å². The second-order valence-corrected chi connectivity index (χ2v) is 4.83. The van der Waals surface area contributed by atoms with E-state index in [0.29, 0.717) is 5.88 Å². The Labute approximate surface area is 81.8 Å². The molecule has 1 aromatic heterocycles. The molecule has 0 saturated carbocycles. The molecule has 1 heterocycles. The summed E-state index contributed by atoms with van der Waals surface area (Å²) >= 11 is 1.41. The predicted octanol–water partition coefficient (Wildman–Crippen LogP) is 0.680. The average molecular weight is 218 g/mol. The third-order valence-corrected chi connectivity index (χ3v) is 3.24. The molecular formula is C7H10N2O2S2. The maximum absolute atomic E-state index is 11.4. The lowest BCUT2D eigenvalue weighted by Gasteiger charge is -2.02. The fourth-order valence-electron chi connectivity index (χ4n) is 0.716. The summed E-state index contributed by atoms with van der Waals surface area (Å²) in [5, 5.41) is 0.0593. The van der Waals surface area contributed by atoms with Gasteiger partial charge in [-0.15, -0.1) is 11.8 Å². The lowest BCUT2D eigenvalue weighted by molar-refractivity contribution is 0.583. The van der Waals surface area contributed by atoms with Crippen LogP contribution in [0.15, 0.2) is 29.4 Å². The molecule has 0 radical (unpaired) electrons. The maximum Gasteiger partial charge on any atom is 0.258 e. The summed E-state index contributed by atoms with van der Waals surface area (Å²) in [7, 11) is -3.40. The van der Waals surface area contributed by atoms with Crippen molar-refractivity contribution in [1.82, 2.24) is 9.71 Å². The number of hydrogen-bond acceptors (Lipinski definition) is 4. The molecule has 0 aliphatic rings. The van der Waals surface area contributed by atoms with Crippen LogP contribution in [0, 0.1) is 0 Å². The number of rotatable bonds is 4. The van der Waals surface area contributed by atoms with Crippen molar-refractivity contribution in [3.05, 3.63) is 24.4 Å². The van der Waals surface area contributed by atoms with Crippen LogP contribution in [0.3, 0.4) is 0 Å². The zero-order valence-corrected chi connectivity index (χ0v) is 8.73. The third-order valence-electron chi connectivity index (χ3n) is 1.31. The molecular weight excluding hydrogens is 208 g/mol. The van der Waals surface area contributed by atoms with Crippen LogP contribution in [-0.4, -0.2) is 25.5 Å². The molecule has 0 spiro atoms. The minimum Gasteiger partial charge on any atom is -0.243 e. The summed E-state index contributed by atoms with van der Waals surface area (Å²) in [5.41, 5.74) is 0. The van der Waals surface area contributed by atoms with Gasteiger partial charge in [0.05, 0.1) is 5.88 Å². The van der Waals surface area contributed by atoms with E-state index in [1.807, 2.05) is 6.26 Å². The second-order valence-electron chi connectivity index (χ2n) is 2.25. The van der Waals surface area contributed by atoms with E-state index in [-0.39, 0.29) is 5.03 Å². The molecule has 0 bridgehead atoms. The summed E-state index contributed by atoms with van der Waals surface area (Å²) in [6.45, 7) is 0. The van der Waals surface area contributed by atoms with Crippen LogP contribution in [-0.2, 0) is 10.0 Å². The predicted molar refractivity (Wildman–Crippen MR) is 52.9 cm³/mol. The normalized spacial score (nSPS) is 11.5. The van der Waals surface area contributed by atoms with Crippen LogP contribution >= 0.6 is 11.8 Å². The number of sulfonamides is 1. The van der Waals surface area contributed by atoms with Crippen LogP contribution in [0.1, 0.15) is 0 Å². The van der Waals surface area contributed by atoms with Gasteiger partial charge in [0.15, 0.2) is 5.03 Å². The van der Waals surface area contributed by atoms with Gasteiger partial charge in [0.2, 0.25) is 0 Å². The van der Waals surface area contributed by atoms with Crippen molar-refractivity contribution in [2.45, 2.75) is 5.03 Å². The SMILES string of the molecule is CSCNS(=O)(=O)c1ccccn1. The molecule has 0 aliphatic heterocycles. The number of nitrogens with one attached hydrogen (secondary N) is 1. The highest BCUT2D eigenvalue weighted by Gasteiger charge is 2.12. The molecule has 6 heteroatoms. The van der Waals surface area contributed by atoms with Crippen LogP contribution in [0.4, 0.5) is 0 Å². The van der Waals surface area contributed by atoms with Crippen molar-refractivity contribution in [2.75, 3.05) is 12.1 Å². The largest absolute Gasteiger partial charge is 0.258 e. The standard InChI is InChI=1S/C7H10N2O2S2/c1-12-6-9-13(10,11)7-4-2-3-5-8-7/h2-5,9H,6H2,1H3. The average Bonchev–Trinajstić information content (AvgIpc) is 2.16. The van der Waals surface area contributed by atoms with Gasteiger partial charge in [0.25, 0.3) is 10.0 Å². The summed E-state index contributed by atoms with van der Waals surface area (Å²) in [5.74, 6) is 0.360. The van der Waals surface area contributed by atoms with E-state index < -0.39 is 10.0 Å². The van der Waals surface area contributed by atoms with Gasteiger partial charge in [0.1, 0.15) is 0 Å². The molecule has 1 N–H and O–H groups in total. The van der Waals surface area contributed by atoms with E-state index in [0.717, 1.165) is 0 Å². The molecule has 0 fully saturated rings. The van der Waals surface area contributed by atoms with E-state index in [4.69, 9.17) is 0 Å². The van der Waals surface area contributed by atoms with Crippen LogP contribution in [0.2, 0.25) is 0 Å². The van der Waals surface area contributed by atoms with E-state index in [2.05, 4.69) is 9.71 Å². The molecule has 13 heavy (non-hydrogen) atoms. The first-order valence-corrected chi connectivity index (χ1v) is 6.44. The van der Waals surface area contributed by atoms with Gasteiger partial charge in [-0.05, 0) is 18.4 Å². The van der Waals surface area contributed by atoms with E-state index in [9.17, 15) is 8.42 Å². The van der Waals surface area contributed by atoms with E-state index >= 15 is 0 Å². The quantitative estimate of drug-likeness (QED) is 0.755. The summed E-state index contributed by atoms with van der Waals surface area (Å²) in [4.78, 5) is 3.74. The molecule has 1 rings (SSSR count). The first kappa shape index (κ1) is 10.5. The molecule has 0 unspecified atom stereocenters. The lowest BCUT2D eigenvalue weighted by atomic mass is 10.5. The van der Waals surface area contributed by atoms with Crippen molar-refractivity contribution in [3.63, 3.8) is 0 Å². The van der Waals surface area contributed by atoms with Gasteiger partial charge in [-0.25, -0.2) is 13.4 Å². The minimum absolute atomic E-state index is 0.0593. The summed E-state index contributed by atoms with van der Waals surface area (Å²) in [6, 6.07) is 4.77. The third kappa shape index (κ3) is 2.98. The minimum atomic E-state index is -3.40. The van der Waals surface area contributed by atoms with Gasteiger partial charge in [0, 0.05) is 6.20 Å². The molecule has 72 valence electrons. The Kier molecular flexibility index (Phi) is 3.71. The first-order valence-electron chi connectivity index (χ1n) is 3.56. The Morgan fingerprint density at radius 1 is 1.54 bits per heavy atom. The second kappa shape index (κ2) is 4.59. The monoisotopic (exact) mass is 218 g/mol. The van der Waals surface area contributed by atoms with Crippen molar-refractivity contribution in [2.24, 2.45) is 0 Å². The molecule has 0 amide bonds. The lowest BCUT2D eigenvalue weighted by Crippen LogP contribution is -2.23. The highest BCUT2D eigenvalue weighted by molar-refractivity contribution is 7.99. The number of aromatic nitrogens is 1. The zero-order valence-electron chi connectivity index (χ0n) is 7.10. The molecule has 0 aliphatic carbocycles. The Morgan fingerprint density at radius 2 is 2.31 bits per heavy atom. The van der Waals surface area contributed by atoms with Crippen molar-refractivity contribution >= 4 is 21.8 Å². The maximum atomic E-state index is 11.4. The van der Waals surface area contributed by atoms with Crippen LogP contribution < -0.4 is 4.72 Å². The van der Waals surface area contributed by atoms with Crippen molar-refractivity contribution in [3.8, 4) is 0 Å². The van der Waals surface area contributed by atoms with Gasteiger partial charge in [-0.2, -0.15) is 4.72 Å². The molecule has 0 atom stereocenters. The van der Waals surface area contributed by atoms with Gasteiger partial charge >= 0.3 is 0 Å². The van der Waals surface area contributed by atoms with Crippen LogP contribution in [0.25, 0.3) is 0 Å². The number of hydrogen-bond donors (Lipinski definition) is 1. The fraction of sp³-hybridized carbons (Fsp3) is 0.286. The Hall–Kier alpha value is -0.590. The zero-order chi connectivity index (χ0) is 9.73. The molecule has 0 saturated heterocycles. The summed E-state index contributed by atoms with van der Waals surface area (Å²) in [6.07, 6.45) is 3.27. The summed E-state index contributed by atoms with van der Waals surface area (Å²) < 4.78 is 25.2. The van der Waals surface area contributed by atoms with E-state index in [1.54, 1.807) is 12.1 Å². The van der Waals surface area contributed by atoms with Crippen molar-refractivity contribution < 1.29 is 8.42 Å². The van der Waals surface area contributed by atoms with Crippen LogP contribution in [0.5, 0.6) is 0 Å². The smallest absolute Gasteiger partial charge is 0.243 e. The Bertz CT molecular complexity index is 350. The highest BCUT2D eigenvalue weighted by atomic mass is 32.2. The van der Waals surface area contributed by atoms with Gasteiger partial charge in [-0.1, -0.05) is 6.07 Å². The number of nitrogens with zero attached hydrogens (tertiary/aromatic N) is 1. The molecule has 1 aromatic rings. The topological polar surface area (TPSA) is 59.1 Å². The van der Waals surface area contributed by atoms with Crippen molar-refractivity contribution in [1.29, 1.82) is 0 Å². The fourth-order valence-corrected chi connectivity index (χ4v) is 2.41. The molecule has 0 aromatic carbocycles. The molecule has 4 nitrogen and oxygen atoms in total. The number of pyridine rings is 1. The van der Waals surface area contributed by atoms with Gasteiger partial charge in [-0.3, -0.25) is 0 Å². The Morgan fingerprint density at radius 3 is 2.85 bits per heavy atom. The highest BCUT2D eigenvalue weighted by Crippen LogP contribution is 2.03.